The molecule has 0 N–H and O–H groups in total. The molecule has 0 aliphatic carbocycles. The van der Waals surface area contributed by atoms with Crippen molar-refractivity contribution in [2.24, 2.45) is 0 Å². The molecule has 124 valence electrons. The van der Waals surface area contributed by atoms with Crippen LogP contribution in [0.2, 0.25) is 0 Å². The van der Waals surface area contributed by atoms with Gasteiger partial charge in [-0.3, -0.25) is 0 Å². The van der Waals surface area contributed by atoms with E-state index in [2.05, 4.69) is 92.1 Å². The number of imidazole rings is 1. The Morgan fingerprint density at radius 3 is 2.40 bits per heavy atom. The lowest BCUT2D eigenvalue weighted by Crippen LogP contribution is -2.03. The number of benzene rings is 3. The molecule has 2 heteroatoms. The van der Waals surface area contributed by atoms with E-state index in [4.69, 9.17) is 4.98 Å². The summed E-state index contributed by atoms with van der Waals surface area (Å²) in [6.45, 7) is 7.26. The standard InChI is InChI=1S/C23H22N2/c1-16-7-6-8-19(14-16)15-25-22-10-5-4-9-21(22)24-23(25)20-12-11-17(2)13-18(20)3/h4-14H,15H2,1-3H3. The van der Waals surface area contributed by atoms with Crippen LogP contribution in [0, 0.1) is 20.8 Å². The number of para-hydroxylation sites is 2. The minimum atomic E-state index is 0.824. The van der Waals surface area contributed by atoms with Crippen LogP contribution in [0.1, 0.15) is 22.3 Å². The van der Waals surface area contributed by atoms with E-state index in [9.17, 15) is 0 Å². The molecule has 0 amide bonds. The normalized spacial score (nSPS) is 11.2. The number of rotatable bonds is 3. The van der Waals surface area contributed by atoms with Crippen LogP contribution in [0.4, 0.5) is 0 Å². The molecule has 3 aromatic carbocycles. The summed E-state index contributed by atoms with van der Waals surface area (Å²) < 4.78 is 2.34. The van der Waals surface area contributed by atoms with Crippen LogP contribution in [0.3, 0.4) is 0 Å². The predicted molar refractivity (Wildman–Crippen MR) is 105 cm³/mol. The third-order valence-corrected chi connectivity index (χ3v) is 4.70. The fourth-order valence-electron chi connectivity index (χ4n) is 3.50. The highest BCUT2D eigenvalue weighted by Gasteiger charge is 2.14. The monoisotopic (exact) mass is 326 g/mol. The van der Waals surface area contributed by atoms with Gasteiger partial charge in [-0.1, -0.05) is 65.7 Å². The van der Waals surface area contributed by atoms with Gasteiger partial charge in [0.15, 0.2) is 0 Å². The number of nitrogens with zero attached hydrogens (tertiary/aromatic N) is 2. The third kappa shape index (κ3) is 2.96. The van der Waals surface area contributed by atoms with Crippen molar-refractivity contribution >= 4 is 11.0 Å². The van der Waals surface area contributed by atoms with Crippen molar-refractivity contribution in [2.45, 2.75) is 27.3 Å². The van der Waals surface area contributed by atoms with Crippen LogP contribution in [0.15, 0.2) is 66.7 Å². The van der Waals surface area contributed by atoms with Gasteiger partial charge in [-0.25, -0.2) is 4.98 Å². The molecule has 0 fully saturated rings. The Morgan fingerprint density at radius 2 is 1.60 bits per heavy atom. The Bertz CT molecular complexity index is 1060. The van der Waals surface area contributed by atoms with E-state index in [-0.39, 0.29) is 0 Å². The van der Waals surface area contributed by atoms with Gasteiger partial charge in [-0.2, -0.15) is 0 Å². The van der Waals surface area contributed by atoms with Crippen LogP contribution < -0.4 is 0 Å². The van der Waals surface area contributed by atoms with Gasteiger partial charge in [-0.15, -0.1) is 0 Å². The summed E-state index contributed by atoms with van der Waals surface area (Å²) >= 11 is 0. The van der Waals surface area contributed by atoms with E-state index >= 15 is 0 Å². The molecule has 0 atom stereocenters. The van der Waals surface area contributed by atoms with Gasteiger partial charge in [0, 0.05) is 12.1 Å². The second-order valence-electron chi connectivity index (χ2n) is 6.82. The van der Waals surface area contributed by atoms with E-state index in [1.165, 1.54) is 33.3 Å². The highest BCUT2D eigenvalue weighted by molar-refractivity contribution is 5.81. The minimum absolute atomic E-state index is 0.824. The SMILES string of the molecule is Cc1cccc(Cn2c(-c3ccc(C)cc3C)nc3ccccc32)c1. The van der Waals surface area contributed by atoms with Crippen LogP contribution in [-0.2, 0) is 6.54 Å². The molecule has 0 bridgehead atoms. The summed E-state index contributed by atoms with van der Waals surface area (Å²) in [6.07, 6.45) is 0. The first kappa shape index (κ1) is 15.6. The molecule has 1 heterocycles. The van der Waals surface area contributed by atoms with Crippen LogP contribution in [0.25, 0.3) is 22.4 Å². The van der Waals surface area contributed by atoms with Gasteiger partial charge < -0.3 is 4.57 Å². The van der Waals surface area contributed by atoms with E-state index in [1.54, 1.807) is 0 Å². The maximum atomic E-state index is 4.95. The molecule has 1 aromatic heterocycles. The number of hydrogen-bond donors (Lipinski definition) is 0. The molecule has 0 saturated carbocycles. The second-order valence-corrected chi connectivity index (χ2v) is 6.82. The number of fused-ring (bicyclic) bond motifs is 1. The largest absolute Gasteiger partial charge is 0.319 e. The van der Waals surface area contributed by atoms with Crippen molar-refractivity contribution in [3.63, 3.8) is 0 Å². The first-order chi connectivity index (χ1) is 12.1. The zero-order valence-corrected chi connectivity index (χ0v) is 15.0. The van der Waals surface area contributed by atoms with E-state index in [0.717, 1.165) is 17.9 Å². The van der Waals surface area contributed by atoms with Crippen molar-refractivity contribution in [1.82, 2.24) is 9.55 Å². The average Bonchev–Trinajstić information content (AvgIpc) is 2.93. The van der Waals surface area contributed by atoms with Crippen LogP contribution in [-0.4, -0.2) is 9.55 Å². The molecule has 25 heavy (non-hydrogen) atoms. The van der Waals surface area contributed by atoms with E-state index in [0.29, 0.717) is 0 Å². The van der Waals surface area contributed by atoms with Crippen molar-refractivity contribution in [2.75, 3.05) is 0 Å². The quantitative estimate of drug-likeness (QED) is 0.474. The molecule has 4 rings (SSSR count). The van der Waals surface area contributed by atoms with E-state index in [1.807, 2.05) is 0 Å². The zero-order valence-electron chi connectivity index (χ0n) is 15.0. The Kier molecular flexibility index (Phi) is 3.89. The fraction of sp³-hybridized carbons (Fsp3) is 0.174. The molecule has 0 radical (unpaired) electrons. The van der Waals surface area contributed by atoms with Gasteiger partial charge in [-0.05, 0) is 44.0 Å². The van der Waals surface area contributed by atoms with Crippen molar-refractivity contribution in [1.29, 1.82) is 0 Å². The highest BCUT2D eigenvalue weighted by Crippen LogP contribution is 2.28. The summed E-state index contributed by atoms with van der Waals surface area (Å²) in [4.78, 5) is 4.95. The Balaban J connectivity index is 1.92. The lowest BCUT2D eigenvalue weighted by Gasteiger charge is -2.12. The number of hydrogen-bond acceptors (Lipinski definition) is 1. The number of aromatic nitrogens is 2. The van der Waals surface area contributed by atoms with Gasteiger partial charge in [0.2, 0.25) is 0 Å². The topological polar surface area (TPSA) is 17.8 Å². The Hall–Kier alpha value is -2.87. The molecule has 2 nitrogen and oxygen atoms in total. The number of aryl methyl sites for hydroxylation is 3. The smallest absolute Gasteiger partial charge is 0.141 e. The maximum Gasteiger partial charge on any atom is 0.141 e. The predicted octanol–water partition coefficient (Wildman–Crippen LogP) is 5.68. The molecule has 0 saturated heterocycles. The third-order valence-electron chi connectivity index (χ3n) is 4.70. The maximum absolute atomic E-state index is 4.95. The summed E-state index contributed by atoms with van der Waals surface area (Å²) in [7, 11) is 0. The second kappa shape index (κ2) is 6.21. The van der Waals surface area contributed by atoms with E-state index < -0.39 is 0 Å². The minimum Gasteiger partial charge on any atom is -0.319 e. The first-order valence-electron chi connectivity index (χ1n) is 8.70. The Labute approximate surface area is 148 Å². The summed E-state index contributed by atoms with van der Waals surface area (Å²) in [5, 5.41) is 0. The highest BCUT2D eigenvalue weighted by atomic mass is 15.1. The van der Waals surface area contributed by atoms with Gasteiger partial charge >= 0.3 is 0 Å². The van der Waals surface area contributed by atoms with Crippen LogP contribution >= 0.6 is 0 Å². The molecule has 0 aliphatic rings. The Morgan fingerprint density at radius 1 is 0.800 bits per heavy atom. The molecular formula is C23H22N2. The lowest BCUT2D eigenvalue weighted by atomic mass is 10.0. The summed E-state index contributed by atoms with van der Waals surface area (Å²) in [5.74, 6) is 1.04. The zero-order chi connectivity index (χ0) is 17.4. The first-order valence-corrected chi connectivity index (χ1v) is 8.70. The summed E-state index contributed by atoms with van der Waals surface area (Å²) in [5.41, 5.74) is 8.56. The van der Waals surface area contributed by atoms with Gasteiger partial charge in [0.1, 0.15) is 5.82 Å². The van der Waals surface area contributed by atoms with Crippen molar-refractivity contribution < 1.29 is 0 Å². The average molecular weight is 326 g/mol. The summed E-state index contributed by atoms with van der Waals surface area (Å²) in [6, 6.07) is 23.7. The molecule has 0 aliphatic heterocycles. The fourth-order valence-corrected chi connectivity index (χ4v) is 3.50. The van der Waals surface area contributed by atoms with Crippen molar-refractivity contribution in [3.8, 4) is 11.4 Å². The van der Waals surface area contributed by atoms with Gasteiger partial charge in [0.25, 0.3) is 0 Å². The lowest BCUT2D eigenvalue weighted by molar-refractivity contribution is 0.832. The van der Waals surface area contributed by atoms with Crippen LogP contribution in [0.5, 0.6) is 0 Å². The molecule has 0 spiro atoms. The molecular weight excluding hydrogens is 304 g/mol. The van der Waals surface area contributed by atoms with Gasteiger partial charge in [0.05, 0.1) is 11.0 Å². The van der Waals surface area contributed by atoms with Crippen molar-refractivity contribution in [3.05, 3.63) is 89.0 Å². The molecule has 4 aromatic rings. The molecule has 0 unspecified atom stereocenters.